The SMILES string of the molecule is C=C/C(C)=C(\C=C)C(=O)N(C=O)CC. The standard InChI is InChI=1S/C11H15NO2/c1-5-9(4)10(6-2)11(14)12(7-3)8-13/h5-6,8H,1-2,7H2,3-4H3/b10-9+. The number of hydrogen-bond acceptors (Lipinski definition) is 2. The van der Waals surface area contributed by atoms with Gasteiger partial charge < -0.3 is 0 Å². The summed E-state index contributed by atoms with van der Waals surface area (Å²) in [5.74, 6) is -0.338. The van der Waals surface area contributed by atoms with Gasteiger partial charge in [0.05, 0.1) is 0 Å². The van der Waals surface area contributed by atoms with Crippen molar-refractivity contribution < 1.29 is 9.59 Å². The predicted molar refractivity (Wildman–Crippen MR) is 56.5 cm³/mol. The molecule has 0 aromatic carbocycles. The second kappa shape index (κ2) is 5.91. The highest BCUT2D eigenvalue weighted by molar-refractivity contribution is 6.02. The third-order valence-corrected chi connectivity index (χ3v) is 1.89. The van der Waals surface area contributed by atoms with Gasteiger partial charge in [0.2, 0.25) is 6.41 Å². The Kier molecular flexibility index (Phi) is 5.22. The maximum Gasteiger partial charge on any atom is 0.260 e. The average Bonchev–Trinajstić information content (AvgIpc) is 2.20. The van der Waals surface area contributed by atoms with Gasteiger partial charge in [-0.15, -0.1) is 0 Å². The first kappa shape index (κ1) is 12.4. The number of nitrogens with zero attached hydrogens (tertiary/aromatic N) is 1. The molecule has 0 radical (unpaired) electrons. The Bertz CT molecular complexity index is 290. The Morgan fingerprint density at radius 2 is 1.93 bits per heavy atom. The molecule has 76 valence electrons. The summed E-state index contributed by atoms with van der Waals surface area (Å²) in [6, 6.07) is 0. The minimum atomic E-state index is -0.338. The normalized spacial score (nSPS) is 11.3. The molecule has 0 aliphatic carbocycles. The molecule has 0 bridgehead atoms. The smallest absolute Gasteiger partial charge is 0.260 e. The summed E-state index contributed by atoms with van der Waals surface area (Å²) >= 11 is 0. The quantitative estimate of drug-likeness (QED) is 0.378. The van der Waals surface area contributed by atoms with Gasteiger partial charge in [-0.05, 0) is 19.4 Å². The lowest BCUT2D eigenvalue weighted by atomic mass is 10.1. The highest BCUT2D eigenvalue weighted by atomic mass is 16.2. The van der Waals surface area contributed by atoms with Gasteiger partial charge in [-0.1, -0.05) is 25.3 Å². The van der Waals surface area contributed by atoms with E-state index in [1.165, 1.54) is 6.08 Å². The van der Waals surface area contributed by atoms with Crippen LogP contribution in [0.5, 0.6) is 0 Å². The first-order valence-electron chi connectivity index (χ1n) is 4.34. The third kappa shape index (κ3) is 2.69. The number of hydrogen-bond donors (Lipinski definition) is 0. The van der Waals surface area contributed by atoms with Crippen molar-refractivity contribution in [2.75, 3.05) is 6.54 Å². The van der Waals surface area contributed by atoms with Crippen LogP contribution in [0.25, 0.3) is 0 Å². The molecule has 0 unspecified atom stereocenters. The Labute approximate surface area is 84.4 Å². The summed E-state index contributed by atoms with van der Waals surface area (Å²) in [5, 5.41) is 0. The summed E-state index contributed by atoms with van der Waals surface area (Å²) in [5.41, 5.74) is 1.12. The fourth-order valence-corrected chi connectivity index (χ4v) is 0.948. The lowest BCUT2D eigenvalue weighted by molar-refractivity contribution is -0.134. The fourth-order valence-electron chi connectivity index (χ4n) is 0.948. The van der Waals surface area contributed by atoms with E-state index in [-0.39, 0.29) is 5.91 Å². The molecule has 0 N–H and O–H groups in total. The van der Waals surface area contributed by atoms with Crippen molar-refractivity contribution in [3.63, 3.8) is 0 Å². The molecule has 0 aromatic heterocycles. The van der Waals surface area contributed by atoms with Crippen molar-refractivity contribution in [2.24, 2.45) is 0 Å². The Morgan fingerprint density at radius 1 is 1.36 bits per heavy atom. The molecular formula is C11H15NO2. The van der Waals surface area contributed by atoms with Crippen molar-refractivity contribution in [1.82, 2.24) is 4.90 Å². The Morgan fingerprint density at radius 3 is 2.21 bits per heavy atom. The molecule has 0 atom stereocenters. The number of amides is 2. The van der Waals surface area contributed by atoms with Crippen LogP contribution in [0.4, 0.5) is 0 Å². The average molecular weight is 193 g/mol. The molecule has 0 heterocycles. The summed E-state index contributed by atoms with van der Waals surface area (Å²) in [7, 11) is 0. The van der Waals surface area contributed by atoms with Crippen molar-refractivity contribution in [2.45, 2.75) is 13.8 Å². The van der Waals surface area contributed by atoms with Gasteiger partial charge in [-0.25, -0.2) is 0 Å². The van der Waals surface area contributed by atoms with E-state index in [2.05, 4.69) is 13.2 Å². The molecule has 0 fully saturated rings. The number of carbonyl (C=O) groups is 2. The van der Waals surface area contributed by atoms with Crippen LogP contribution in [0.1, 0.15) is 13.8 Å². The Balaban J connectivity index is 5.06. The van der Waals surface area contributed by atoms with Crippen LogP contribution in [0, 0.1) is 0 Å². The molecule has 0 rings (SSSR count). The maximum atomic E-state index is 11.7. The van der Waals surface area contributed by atoms with E-state index in [4.69, 9.17) is 0 Å². The van der Waals surface area contributed by atoms with Gasteiger partial charge in [0.25, 0.3) is 5.91 Å². The van der Waals surface area contributed by atoms with E-state index >= 15 is 0 Å². The van der Waals surface area contributed by atoms with Gasteiger partial charge in [0.1, 0.15) is 0 Å². The van der Waals surface area contributed by atoms with E-state index in [0.29, 0.717) is 24.1 Å². The first-order chi connectivity index (χ1) is 6.62. The van der Waals surface area contributed by atoms with Gasteiger partial charge in [0.15, 0.2) is 0 Å². The molecule has 14 heavy (non-hydrogen) atoms. The lowest BCUT2D eigenvalue weighted by Gasteiger charge is -2.14. The van der Waals surface area contributed by atoms with Crippen LogP contribution < -0.4 is 0 Å². The molecule has 3 heteroatoms. The van der Waals surface area contributed by atoms with Crippen LogP contribution in [0.3, 0.4) is 0 Å². The molecule has 0 saturated heterocycles. The fraction of sp³-hybridized carbons (Fsp3) is 0.273. The van der Waals surface area contributed by atoms with E-state index in [0.717, 1.165) is 4.90 Å². The lowest BCUT2D eigenvalue weighted by Crippen LogP contribution is -2.30. The van der Waals surface area contributed by atoms with E-state index in [9.17, 15) is 9.59 Å². The first-order valence-corrected chi connectivity index (χ1v) is 4.34. The largest absolute Gasteiger partial charge is 0.281 e. The second-order valence-corrected chi connectivity index (χ2v) is 2.70. The minimum Gasteiger partial charge on any atom is -0.281 e. The molecular weight excluding hydrogens is 178 g/mol. The highest BCUT2D eigenvalue weighted by Crippen LogP contribution is 2.09. The molecule has 0 aliphatic rings. The van der Waals surface area contributed by atoms with Crippen LogP contribution in [0.2, 0.25) is 0 Å². The zero-order valence-electron chi connectivity index (χ0n) is 8.62. The second-order valence-electron chi connectivity index (χ2n) is 2.70. The molecule has 3 nitrogen and oxygen atoms in total. The highest BCUT2D eigenvalue weighted by Gasteiger charge is 2.14. The summed E-state index contributed by atoms with van der Waals surface area (Å²) in [6.07, 6.45) is 3.52. The summed E-state index contributed by atoms with van der Waals surface area (Å²) in [4.78, 5) is 23.3. The molecule has 0 aromatic rings. The topological polar surface area (TPSA) is 37.4 Å². The number of imide groups is 1. The minimum absolute atomic E-state index is 0.338. The van der Waals surface area contributed by atoms with Crippen molar-refractivity contribution in [3.8, 4) is 0 Å². The van der Waals surface area contributed by atoms with Crippen molar-refractivity contribution in [3.05, 3.63) is 36.5 Å². The van der Waals surface area contributed by atoms with Crippen LogP contribution >= 0.6 is 0 Å². The number of carbonyl (C=O) groups excluding carboxylic acids is 2. The molecule has 0 saturated carbocycles. The zero-order chi connectivity index (χ0) is 11.1. The van der Waals surface area contributed by atoms with Gasteiger partial charge in [-0.3, -0.25) is 14.5 Å². The van der Waals surface area contributed by atoms with Gasteiger partial charge >= 0.3 is 0 Å². The zero-order valence-corrected chi connectivity index (χ0v) is 8.62. The monoisotopic (exact) mass is 193 g/mol. The summed E-state index contributed by atoms with van der Waals surface area (Å²) < 4.78 is 0. The summed E-state index contributed by atoms with van der Waals surface area (Å²) in [6.45, 7) is 10.9. The number of rotatable bonds is 5. The number of likely N-dealkylation sites (N-methyl/N-ethyl adjacent to an activating group) is 1. The van der Waals surface area contributed by atoms with Crippen LogP contribution in [-0.2, 0) is 9.59 Å². The van der Waals surface area contributed by atoms with E-state index < -0.39 is 0 Å². The van der Waals surface area contributed by atoms with E-state index in [1.807, 2.05) is 0 Å². The Hall–Kier alpha value is -1.64. The molecule has 0 aliphatic heterocycles. The predicted octanol–water partition coefficient (Wildman–Crippen LogP) is 1.68. The van der Waals surface area contributed by atoms with Gasteiger partial charge in [-0.2, -0.15) is 0 Å². The van der Waals surface area contributed by atoms with Gasteiger partial charge in [0, 0.05) is 12.1 Å². The number of allylic oxidation sites excluding steroid dienone is 2. The van der Waals surface area contributed by atoms with Crippen molar-refractivity contribution >= 4 is 12.3 Å². The maximum absolute atomic E-state index is 11.7. The molecule has 2 amide bonds. The van der Waals surface area contributed by atoms with Crippen LogP contribution in [-0.4, -0.2) is 23.8 Å². The molecule has 0 spiro atoms. The van der Waals surface area contributed by atoms with Crippen LogP contribution in [0.15, 0.2) is 36.5 Å². The van der Waals surface area contributed by atoms with Crippen molar-refractivity contribution in [1.29, 1.82) is 0 Å². The third-order valence-electron chi connectivity index (χ3n) is 1.89. The van der Waals surface area contributed by atoms with E-state index in [1.54, 1.807) is 19.9 Å².